The van der Waals surface area contributed by atoms with Crippen LogP contribution in [0.5, 0.6) is 0 Å². The highest BCUT2D eigenvalue weighted by Crippen LogP contribution is 2.45. The van der Waals surface area contributed by atoms with Crippen molar-refractivity contribution in [3.05, 3.63) is 107 Å². The largest absolute Gasteiger partial charge is 0.469 e. The molecule has 1 aliphatic heterocycles. The second-order valence-corrected chi connectivity index (χ2v) is 8.25. The Morgan fingerprint density at radius 1 is 1.12 bits per heavy atom. The van der Waals surface area contributed by atoms with E-state index in [1.165, 1.54) is 12.1 Å². The summed E-state index contributed by atoms with van der Waals surface area (Å²) in [6.07, 6.45) is 4.05. The number of nitrogens with one attached hydrogen (secondary N) is 2. The summed E-state index contributed by atoms with van der Waals surface area (Å²) in [7, 11) is 0. The lowest BCUT2D eigenvalue weighted by molar-refractivity contribution is -0.116. The van der Waals surface area contributed by atoms with Crippen molar-refractivity contribution in [3.63, 3.8) is 0 Å². The normalized spacial score (nSPS) is 20.4. The molecule has 2 aliphatic rings. The highest BCUT2D eigenvalue weighted by atomic mass is 19.1. The number of furan rings is 1. The maximum atomic E-state index is 13.7. The molecule has 1 aliphatic carbocycles. The maximum Gasteiger partial charge on any atom is 0.255 e. The van der Waals surface area contributed by atoms with Gasteiger partial charge in [0, 0.05) is 47.0 Å². The minimum atomic E-state index is -0.615. The van der Waals surface area contributed by atoms with Crippen LogP contribution in [0.2, 0.25) is 0 Å². The van der Waals surface area contributed by atoms with Crippen molar-refractivity contribution in [1.29, 1.82) is 0 Å². The molecule has 6 nitrogen and oxygen atoms in total. The van der Waals surface area contributed by atoms with Crippen LogP contribution in [-0.4, -0.2) is 16.7 Å². The first-order chi connectivity index (χ1) is 16.0. The molecule has 33 heavy (non-hydrogen) atoms. The molecular formula is C26H22FN3O3. The zero-order valence-corrected chi connectivity index (χ0v) is 18.0. The van der Waals surface area contributed by atoms with Gasteiger partial charge in [0.15, 0.2) is 5.78 Å². The van der Waals surface area contributed by atoms with E-state index in [1.54, 1.807) is 42.8 Å². The molecule has 0 saturated heterocycles. The van der Waals surface area contributed by atoms with Crippen molar-refractivity contribution in [1.82, 2.24) is 10.3 Å². The summed E-state index contributed by atoms with van der Waals surface area (Å²) >= 11 is 0. The van der Waals surface area contributed by atoms with Crippen LogP contribution in [0, 0.1) is 5.82 Å². The van der Waals surface area contributed by atoms with Crippen molar-refractivity contribution >= 4 is 17.5 Å². The molecule has 3 aromatic rings. The second kappa shape index (κ2) is 8.50. The van der Waals surface area contributed by atoms with Crippen LogP contribution >= 0.6 is 0 Å². The van der Waals surface area contributed by atoms with Gasteiger partial charge in [-0.05, 0) is 55.3 Å². The van der Waals surface area contributed by atoms with E-state index in [9.17, 15) is 14.0 Å². The molecule has 7 heteroatoms. The molecule has 0 saturated carbocycles. The van der Waals surface area contributed by atoms with Gasteiger partial charge in [0.25, 0.3) is 5.91 Å². The molecule has 0 fully saturated rings. The average Bonchev–Trinajstić information content (AvgIpc) is 3.34. The average molecular weight is 443 g/mol. The summed E-state index contributed by atoms with van der Waals surface area (Å²) < 4.78 is 19.2. The first kappa shape index (κ1) is 20.9. The van der Waals surface area contributed by atoms with E-state index in [-0.39, 0.29) is 29.8 Å². The predicted octanol–water partition coefficient (Wildman–Crippen LogP) is 4.81. The Labute approximate surface area is 190 Å². The summed E-state index contributed by atoms with van der Waals surface area (Å²) in [4.78, 5) is 31.0. The zero-order chi connectivity index (χ0) is 22.9. The topological polar surface area (TPSA) is 84.2 Å². The van der Waals surface area contributed by atoms with Gasteiger partial charge < -0.3 is 15.1 Å². The van der Waals surface area contributed by atoms with Gasteiger partial charge in [0.05, 0.1) is 6.26 Å². The molecule has 166 valence electrons. The van der Waals surface area contributed by atoms with E-state index in [0.29, 0.717) is 34.6 Å². The van der Waals surface area contributed by atoms with E-state index in [4.69, 9.17) is 4.42 Å². The fourth-order valence-electron chi connectivity index (χ4n) is 4.67. The number of aromatic nitrogens is 1. The third-order valence-corrected chi connectivity index (χ3v) is 6.13. The fraction of sp³-hybridized carbons (Fsp3) is 0.192. The minimum Gasteiger partial charge on any atom is -0.469 e. The van der Waals surface area contributed by atoms with Crippen LogP contribution in [-0.2, 0) is 9.59 Å². The number of anilines is 1. The van der Waals surface area contributed by atoms with Gasteiger partial charge in [0.1, 0.15) is 17.4 Å². The molecular weight excluding hydrogens is 421 g/mol. The second-order valence-electron chi connectivity index (χ2n) is 8.25. The number of carbonyl (C=O) groups is 2. The number of ketones is 1. The van der Waals surface area contributed by atoms with Gasteiger partial charge in [-0.15, -0.1) is 0 Å². The van der Waals surface area contributed by atoms with Crippen molar-refractivity contribution in [2.24, 2.45) is 0 Å². The number of amides is 1. The van der Waals surface area contributed by atoms with E-state index >= 15 is 0 Å². The summed E-state index contributed by atoms with van der Waals surface area (Å²) in [5.74, 6) is -0.325. The Morgan fingerprint density at radius 2 is 1.94 bits per heavy atom. The lowest BCUT2D eigenvalue weighted by Gasteiger charge is -2.36. The zero-order valence-electron chi connectivity index (χ0n) is 18.0. The molecule has 3 heterocycles. The summed E-state index contributed by atoms with van der Waals surface area (Å²) in [6.45, 7) is 1.81. The summed E-state index contributed by atoms with van der Waals surface area (Å²) in [6, 6.07) is 14.9. The SMILES string of the molecule is CC1=C(C(=O)Nc2ccccn2)C(c2ccc(F)cc2)C2=C(CC(c3ccco3)CC2=O)N1. The molecule has 0 bridgehead atoms. The number of hydrogen-bond donors (Lipinski definition) is 2. The first-order valence-electron chi connectivity index (χ1n) is 10.8. The van der Waals surface area contributed by atoms with Crippen LogP contribution in [0.15, 0.2) is 94.0 Å². The summed E-state index contributed by atoms with van der Waals surface area (Å²) in [5, 5.41) is 6.13. The Balaban J connectivity index is 1.57. The van der Waals surface area contributed by atoms with Gasteiger partial charge in [-0.25, -0.2) is 9.37 Å². The minimum absolute atomic E-state index is 0.0601. The third-order valence-electron chi connectivity index (χ3n) is 6.13. The highest BCUT2D eigenvalue weighted by Gasteiger charge is 2.41. The Hall–Kier alpha value is -4.00. The molecule has 1 amide bonds. The van der Waals surface area contributed by atoms with Crippen LogP contribution in [0.4, 0.5) is 10.2 Å². The Kier molecular flexibility index (Phi) is 5.38. The molecule has 5 rings (SSSR count). The van der Waals surface area contributed by atoms with Crippen molar-refractivity contribution < 1.29 is 18.4 Å². The monoisotopic (exact) mass is 443 g/mol. The van der Waals surface area contributed by atoms with Gasteiger partial charge in [-0.2, -0.15) is 0 Å². The number of hydrogen-bond acceptors (Lipinski definition) is 5. The summed E-state index contributed by atoms with van der Waals surface area (Å²) in [5.41, 5.74) is 3.05. The van der Waals surface area contributed by atoms with Gasteiger partial charge >= 0.3 is 0 Å². The third kappa shape index (κ3) is 3.98. The Morgan fingerprint density at radius 3 is 2.64 bits per heavy atom. The van der Waals surface area contributed by atoms with E-state index in [0.717, 1.165) is 11.5 Å². The van der Waals surface area contributed by atoms with Crippen LogP contribution in [0.25, 0.3) is 0 Å². The number of rotatable bonds is 4. The quantitative estimate of drug-likeness (QED) is 0.604. The molecule has 2 unspecified atom stereocenters. The number of carbonyl (C=O) groups excluding carboxylic acids is 2. The molecule has 2 atom stereocenters. The van der Waals surface area contributed by atoms with Crippen molar-refractivity contribution in [2.45, 2.75) is 31.6 Å². The molecule has 0 radical (unpaired) electrons. The Bertz CT molecular complexity index is 1260. The predicted molar refractivity (Wildman–Crippen MR) is 121 cm³/mol. The highest BCUT2D eigenvalue weighted by molar-refractivity contribution is 6.09. The van der Waals surface area contributed by atoms with Gasteiger partial charge in [0.2, 0.25) is 0 Å². The number of allylic oxidation sites excluding steroid dienone is 3. The molecule has 2 N–H and O–H groups in total. The van der Waals surface area contributed by atoms with E-state index < -0.39 is 5.92 Å². The van der Waals surface area contributed by atoms with E-state index in [1.807, 2.05) is 19.1 Å². The molecule has 1 aromatic carbocycles. The number of pyridine rings is 1. The first-order valence-corrected chi connectivity index (χ1v) is 10.8. The number of halogens is 1. The van der Waals surface area contributed by atoms with Gasteiger partial charge in [-0.3, -0.25) is 9.59 Å². The number of nitrogens with zero attached hydrogens (tertiary/aromatic N) is 1. The fourth-order valence-corrected chi connectivity index (χ4v) is 4.67. The van der Waals surface area contributed by atoms with Crippen LogP contribution < -0.4 is 10.6 Å². The van der Waals surface area contributed by atoms with Crippen molar-refractivity contribution in [2.75, 3.05) is 5.32 Å². The van der Waals surface area contributed by atoms with Gasteiger partial charge in [-0.1, -0.05) is 18.2 Å². The van der Waals surface area contributed by atoms with Crippen molar-refractivity contribution in [3.8, 4) is 0 Å². The molecule has 2 aromatic heterocycles. The maximum absolute atomic E-state index is 13.7. The lowest BCUT2D eigenvalue weighted by Crippen LogP contribution is -2.37. The smallest absolute Gasteiger partial charge is 0.255 e. The number of benzene rings is 1. The van der Waals surface area contributed by atoms with Crippen LogP contribution in [0.1, 0.15) is 42.9 Å². The molecule has 0 spiro atoms. The standard InChI is InChI=1S/C26H22FN3O3/c1-15-23(26(32)30-22-6-2-3-11-28-22)24(16-7-9-18(27)10-8-16)25-19(29-15)13-17(14-20(25)31)21-5-4-12-33-21/h2-12,17,24,29H,13-14H2,1H3,(H,28,30,32). The number of dihydropyridines is 1. The van der Waals surface area contributed by atoms with E-state index in [2.05, 4.69) is 15.6 Å². The lowest BCUT2D eigenvalue weighted by atomic mass is 9.72. The van der Waals surface area contributed by atoms with Crippen LogP contribution in [0.3, 0.4) is 0 Å². The number of Topliss-reactive ketones (excluding diaryl/α,β-unsaturated/α-hetero) is 1.